The average Bonchev–Trinajstić information content (AvgIpc) is 3.22. The summed E-state index contributed by atoms with van der Waals surface area (Å²) in [5.41, 5.74) is 3.10. The average molecular weight is 437 g/mol. The fraction of sp³-hybridized carbons (Fsp3) is 0.375. The van der Waals surface area contributed by atoms with Crippen molar-refractivity contribution in [2.45, 2.75) is 31.8 Å². The van der Waals surface area contributed by atoms with E-state index < -0.39 is 0 Å². The number of rotatable bonds is 6. The lowest BCUT2D eigenvalue weighted by molar-refractivity contribution is -0.130. The summed E-state index contributed by atoms with van der Waals surface area (Å²) in [7, 11) is 1.65. The zero-order valence-electron chi connectivity index (χ0n) is 18.2. The number of likely N-dealkylation sites (tertiary alicyclic amines) is 1. The van der Waals surface area contributed by atoms with Crippen molar-refractivity contribution in [3.8, 4) is 22.8 Å². The third-order valence-corrected chi connectivity index (χ3v) is 6.52. The summed E-state index contributed by atoms with van der Waals surface area (Å²) in [6.45, 7) is 5.97. The van der Waals surface area contributed by atoms with Crippen LogP contribution in [0.25, 0.3) is 17.1 Å². The van der Waals surface area contributed by atoms with Crippen LogP contribution in [0.2, 0.25) is 0 Å². The largest absolute Gasteiger partial charge is 0.497 e. The SMILES string of the molecule is COc1ccc(-c2nnc(SCC(=O)N3CCCC(C)C3)n2-c2ccc(C)cc2)cc1. The van der Waals surface area contributed by atoms with Crippen LogP contribution in [0.3, 0.4) is 0 Å². The molecule has 31 heavy (non-hydrogen) atoms. The first-order valence-corrected chi connectivity index (χ1v) is 11.6. The highest BCUT2D eigenvalue weighted by Crippen LogP contribution is 2.29. The van der Waals surface area contributed by atoms with E-state index in [4.69, 9.17) is 4.74 Å². The molecule has 0 N–H and O–H groups in total. The summed E-state index contributed by atoms with van der Waals surface area (Å²) < 4.78 is 7.31. The van der Waals surface area contributed by atoms with E-state index in [0.29, 0.717) is 16.8 Å². The van der Waals surface area contributed by atoms with Crippen LogP contribution in [0.5, 0.6) is 5.75 Å². The van der Waals surface area contributed by atoms with Crippen molar-refractivity contribution in [2.75, 3.05) is 26.0 Å². The molecule has 2 heterocycles. The van der Waals surface area contributed by atoms with Gasteiger partial charge in [-0.2, -0.15) is 0 Å². The smallest absolute Gasteiger partial charge is 0.233 e. The zero-order valence-corrected chi connectivity index (χ0v) is 19.1. The highest BCUT2D eigenvalue weighted by molar-refractivity contribution is 7.99. The minimum atomic E-state index is 0.168. The predicted octanol–water partition coefficient (Wildman–Crippen LogP) is 4.60. The molecule has 1 aliphatic rings. The van der Waals surface area contributed by atoms with E-state index in [1.54, 1.807) is 7.11 Å². The Morgan fingerprint density at radius 3 is 2.55 bits per heavy atom. The van der Waals surface area contributed by atoms with E-state index in [1.165, 1.54) is 23.7 Å². The number of hydrogen-bond donors (Lipinski definition) is 0. The van der Waals surface area contributed by atoms with E-state index in [-0.39, 0.29) is 5.91 Å². The van der Waals surface area contributed by atoms with Crippen molar-refractivity contribution >= 4 is 17.7 Å². The Labute approximate surface area is 187 Å². The van der Waals surface area contributed by atoms with Crippen LogP contribution < -0.4 is 4.74 Å². The molecule has 4 rings (SSSR count). The summed E-state index contributed by atoms with van der Waals surface area (Å²) in [6, 6.07) is 16.0. The molecule has 0 radical (unpaired) electrons. The fourth-order valence-corrected chi connectivity index (χ4v) is 4.71. The van der Waals surface area contributed by atoms with Crippen LogP contribution in [0.1, 0.15) is 25.3 Å². The summed E-state index contributed by atoms with van der Waals surface area (Å²) in [5, 5.41) is 9.63. The second-order valence-corrected chi connectivity index (χ2v) is 9.02. The molecule has 0 saturated carbocycles. The van der Waals surface area contributed by atoms with Crippen molar-refractivity contribution in [2.24, 2.45) is 5.92 Å². The van der Waals surface area contributed by atoms with Gasteiger partial charge in [-0.15, -0.1) is 10.2 Å². The summed E-state index contributed by atoms with van der Waals surface area (Å²) in [4.78, 5) is 14.8. The summed E-state index contributed by atoms with van der Waals surface area (Å²) in [5.74, 6) is 2.63. The summed E-state index contributed by atoms with van der Waals surface area (Å²) >= 11 is 1.45. The second-order valence-electron chi connectivity index (χ2n) is 8.08. The van der Waals surface area contributed by atoms with Gasteiger partial charge in [-0.3, -0.25) is 9.36 Å². The maximum absolute atomic E-state index is 12.8. The van der Waals surface area contributed by atoms with E-state index in [1.807, 2.05) is 33.7 Å². The molecule has 1 aromatic heterocycles. The number of aromatic nitrogens is 3. The van der Waals surface area contributed by atoms with Crippen molar-refractivity contribution in [1.29, 1.82) is 0 Å². The molecule has 1 fully saturated rings. The molecule has 1 amide bonds. The first-order chi connectivity index (χ1) is 15.0. The Bertz CT molecular complexity index is 1030. The number of carbonyl (C=O) groups excluding carboxylic acids is 1. The number of hydrogen-bond acceptors (Lipinski definition) is 5. The van der Waals surface area contributed by atoms with Gasteiger partial charge in [0.15, 0.2) is 11.0 Å². The molecule has 1 aliphatic heterocycles. The quantitative estimate of drug-likeness (QED) is 0.529. The van der Waals surface area contributed by atoms with Gasteiger partial charge in [-0.25, -0.2) is 0 Å². The highest BCUT2D eigenvalue weighted by atomic mass is 32.2. The molecule has 1 atom stereocenters. The lowest BCUT2D eigenvalue weighted by Gasteiger charge is -2.30. The minimum Gasteiger partial charge on any atom is -0.497 e. The van der Waals surface area contributed by atoms with Gasteiger partial charge < -0.3 is 9.64 Å². The number of nitrogens with zero attached hydrogens (tertiary/aromatic N) is 4. The number of methoxy groups -OCH3 is 1. The van der Waals surface area contributed by atoms with Crippen molar-refractivity contribution in [1.82, 2.24) is 19.7 Å². The molecular weight excluding hydrogens is 408 g/mol. The first kappa shape index (κ1) is 21.4. The Kier molecular flexibility index (Phi) is 6.61. The topological polar surface area (TPSA) is 60.3 Å². The van der Waals surface area contributed by atoms with E-state index in [2.05, 4.69) is 48.3 Å². The van der Waals surface area contributed by atoms with Crippen LogP contribution in [0.4, 0.5) is 0 Å². The predicted molar refractivity (Wildman–Crippen MR) is 124 cm³/mol. The van der Waals surface area contributed by atoms with Gasteiger partial charge in [0.2, 0.25) is 5.91 Å². The Morgan fingerprint density at radius 1 is 1.13 bits per heavy atom. The number of benzene rings is 2. The van der Waals surface area contributed by atoms with Crippen LogP contribution in [0.15, 0.2) is 53.7 Å². The van der Waals surface area contributed by atoms with E-state index in [9.17, 15) is 4.79 Å². The Balaban J connectivity index is 1.61. The van der Waals surface area contributed by atoms with Gasteiger partial charge in [0.05, 0.1) is 12.9 Å². The number of amides is 1. The fourth-order valence-electron chi connectivity index (χ4n) is 3.85. The standard InChI is InChI=1S/C24H28N4O2S/c1-17-6-10-20(11-7-17)28-23(19-8-12-21(30-3)13-9-19)25-26-24(28)31-16-22(29)27-14-4-5-18(2)15-27/h6-13,18H,4-5,14-16H2,1-3H3. The van der Waals surface area contributed by atoms with Gasteiger partial charge in [-0.1, -0.05) is 36.4 Å². The second kappa shape index (κ2) is 9.56. The maximum Gasteiger partial charge on any atom is 0.233 e. The van der Waals surface area contributed by atoms with Crippen LogP contribution in [0, 0.1) is 12.8 Å². The van der Waals surface area contributed by atoms with Gasteiger partial charge >= 0.3 is 0 Å². The lowest BCUT2D eigenvalue weighted by Crippen LogP contribution is -2.40. The molecule has 1 unspecified atom stereocenters. The van der Waals surface area contributed by atoms with Gasteiger partial charge in [0, 0.05) is 24.3 Å². The number of carbonyl (C=O) groups is 1. The van der Waals surface area contributed by atoms with Gasteiger partial charge in [0.1, 0.15) is 5.75 Å². The lowest BCUT2D eigenvalue weighted by atomic mass is 10.0. The van der Waals surface area contributed by atoms with Crippen LogP contribution >= 0.6 is 11.8 Å². The highest BCUT2D eigenvalue weighted by Gasteiger charge is 2.23. The van der Waals surface area contributed by atoms with E-state index in [0.717, 1.165) is 42.3 Å². The Morgan fingerprint density at radius 2 is 1.87 bits per heavy atom. The number of piperidine rings is 1. The monoisotopic (exact) mass is 436 g/mol. The Hall–Kier alpha value is -2.80. The van der Waals surface area contributed by atoms with Crippen molar-refractivity contribution in [3.05, 3.63) is 54.1 Å². The molecule has 6 nitrogen and oxygen atoms in total. The first-order valence-electron chi connectivity index (χ1n) is 10.6. The van der Waals surface area contributed by atoms with Crippen LogP contribution in [-0.2, 0) is 4.79 Å². The third kappa shape index (κ3) is 4.93. The molecule has 0 spiro atoms. The van der Waals surface area contributed by atoms with Gasteiger partial charge in [0.25, 0.3) is 0 Å². The summed E-state index contributed by atoms with van der Waals surface area (Å²) in [6.07, 6.45) is 2.28. The number of aryl methyl sites for hydroxylation is 1. The molecule has 7 heteroatoms. The minimum absolute atomic E-state index is 0.168. The third-order valence-electron chi connectivity index (χ3n) is 5.61. The number of ether oxygens (including phenoxy) is 1. The zero-order chi connectivity index (χ0) is 21.8. The maximum atomic E-state index is 12.8. The van der Waals surface area contributed by atoms with Crippen molar-refractivity contribution < 1.29 is 9.53 Å². The molecule has 0 aliphatic carbocycles. The molecule has 3 aromatic rings. The number of thioether (sulfide) groups is 1. The molecule has 162 valence electrons. The molecular formula is C24H28N4O2S. The van der Waals surface area contributed by atoms with Gasteiger partial charge in [-0.05, 0) is 62.1 Å². The molecule has 0 bridgehead atoms. The molecule has 2 aromatic carbocycles. The normalized spacial score (nSPS) is 16.4. The van der Waals surface area contributed by atoms with Crippen LogP contribution in [-0.4, -0.2) is 51.5 Å². The van der Waals surface area contributed by atoms with Crippen molar-refractivity contribution in [3.63, 3.8) is 0 Å². The van der Waals surface area contributed by atoms with E-state index >= 15 is 0 Å². The molecule has 1 saturated heterocycles.